The van der Waals surface area contributed by atoms with Gasteiger partial charge in [-0.3, -0.25) is 4.79 Å². The smallest absolute Gasteiger partial charge is 0.335 e. The van der Waals surface area contributed by atoms with E-state index < -0.39 is 11.4 Å². The molecule has 2 N–H and O–H groups in total. The van der Waals surface area contributed by atoms with Gasteiger partial charge in [0, 0.05) is 19.3 Å². The number of aromatic carboxylic acids is 1. The molecule has 0 spiro atoms. The van der Waals surface area contributed by atoms with Gasteiger partial charge >= 0.3 is 5.97 Å². The van der Waals surface area contributed by atoms with Gasteiger partial charge in [-0.15, -0.1) is 0 Å². The predicted molar refractivity (Wildman–Crippen MR) is 128 cm³/mol. The first-order chi connectivity index (χ1) is 16.5. The molecule has 0 radical (unpaired) electrons. The summed E-state index contributed by atoms with van der Waals surface area (Å²) in [6.45, 7) is 3.55. The van der Waals surface area contributed by atoms with Crippen LogP contribution in [0.15, 0.2) is 42.5 Å². The van der Waals surface area contributed by atoms with E-state index >= 15 is 0 Å². The quantitative estimate of drug-likeness (QED) is 0.587. The molecule has 1 amide bonds. The summed E-state index contributed by atoms with van der Waals surface area (Å²) in [5.41, 5.74) is 0.982. The largest absolute Gasteiger partial charge is 0.478 e. The fourth-order valence-corrected chi connectivity index (χ4v) is 4.97. The van der Waals surface area contributed by atoms with Gasteiger partial charge in [-0.05, 0) is 62.3 Å². The fraction of sp³-hybridized carbons (Fsp3) is 0.519. The lowest BCUT2D eigenvalue weighted by molar-refractivity contribution is -0.131. The van der Waals surface area contributed by atoms with Gasteiger partial charge in [0.05, 0.1) is 29.3 Å². The minimum Gasteiger partial charge on any atom is -0.478 e. The van der Waals surface area contributed by atoms with E-state index in [1.807, 2.05) is 25.1 Å². The van der Waals surface area contributed by atoms with E-state index in [4.69, 9.17) is 19.6 Å². The first-order valence-corrected chi connectivity index (χ1v) is 12.3. The normalized spacial score (nSPS) is 19.2. The maximum atomic E-state index is 13.7. The summed E-state index contributed by atoms with van der Waals surface area (Å²) in [5, 5.41) is 12.3. The van der Waals surface area contributed by atoms with Crippen molar-refractivity contribution in [2.45, 2.75) is 63.3 Å². The monoisotopic (exact) mass is 466 g/mol. The molecule has 2 heterocycles. The number of hydrogen-bond donors (Lipinski definition) is 2. The Morgan fingerprint density at radius 2 is 1.82 bits per heavy atom. The number of ether oxygens (including phenoxy) is 2. The van der Waals surface area contributed by atoms with E-state index in [0.717, 1.165) is 5.56 Å². The molecule has 7 heteroatoms. The molecular weight excluding hydrogens is 432 g/mol. The second-order valence-electron chi connectivity index (χ2n) is 9.49. The van der Waals surface area contributed by atoms with E-state index in [0.29, 0.717) is 50.2 Å². The van der Waals surface area contributed by atoms with Gasteiger partial charge in [0.15, 0.2) is 0 Å². The van der Waals surface area contributed by atoms with Gasteiger partial charge in [-0.25, -0.2) is 9.78 Å². The number of aromatic nitrogens is 1. The number of carboxylic acids is 1. The summed E-state index contributed by atoms with van der Waals surface area (Å²) >= 11 is 0. The summed E-state index contributed by atoms with van der Waals surface area (Å²) in [5.74, 6) is 0.0792. The molecule has 2 aromatic rings. The van der Waals surface area contributed by atoms with Crippen LogP contribution in [0, 0.1) is 5.92 Å². The zero-order valence-electron chi connectivity index (χ0n) is 19.8. The van der Waals surface area contributed by atoms with E-state index in [2.05, 4.69) is 5.32 Å². The van der Waals surface area contributed by atoms with Gasteiger partial charge in [0.25, 0.3) is 0 Å². The summed E-state index contributed by atoms with van der Waals surface area (Å²) in [6, 6.07) is 12.0. The van der Waals surface area contributed by atoms with Gasteiger partial charge in [0.1, 0.15) is 0 Å². The summed E-state index contributed by atoms with van der Waals surface area (Å²) in [7, 11) is 0. The van der Waals surface area contributed by atoms with Crippen molar-refractivity contribution in [2.75, 3.05) is 19.8 Å². The van der Waals surface area contributed by atoms with Crippen molar-refractivity contribution in [1.82, 2.24) is 10.3 Å². The van der Waals surface area contributed by atoms with Crippen molar-refractivity contribution >= 4 is 11.9 Å². The zero-order valence-corrected chi connectivity index (χ0v) is 19.8. The maximum absolute atomic E-state index is 13.7. The Balaban J connectivity index is 1.49. The first kappa shape index (κ1) is 24.2. The lowest BCUT2D eigenvalue weighted by Gasteiger charge is -2.36. The van der Waals surface area contributed by atoms with Crippen LogP contribution in [0.4, 0.5) is 0 Å². The topological polar surface area (TPSA) is 97.8 Å². The van der Waals surface area contributed by atoms with Crippen molar-refractivity contribution < 1.29 is 24.2 Å². The van der Waals surface area contributed by atoms with Gasteiger partial charge in [-0.2, -0.15) is 0 Å². The second kappa shape index (κ2) is 11.0. The fourth-order valence-electron chi connectivity index (χ4n) is 4.97. The van der Waals surface area contributed by atoms with Gasteiger partial charge < -0.3 is 19.9 Å². The molecule has 2 aliphatic rings. The van der Waals surface area contributed by atoms with Crippen LogP contribution in [0.5, 0.6) is 5.88 Å². The molecular formula is C27H34N2O5. The van der Waals surface area contributed by atoms with Crippen LogP contribution in [0.2, 0.25) is 0 Å². The highest BCUT2D eigenvalue weighted by Gasteiger charge is 2.43. The first-order valence-electron chi connectivity index (χ1n) is 12.3. The molecule has 0 bridgehead atoms. The molecule has 0 unspecified atom stereocenters. The van der Waals surface area contributed by atoms with Crippen LogP contribution in [0.1, 0.15) is 79.5 Å². The molecule has 1 atom stereocenters. The van der Waals surface area contributed by atoms with Crippen LogP contribution in [0.3, 0.4) is 0 Å². The minimum absolute atomic E-state index is 0.0949. The molecule has 182 valence electrons. The number of rotatable bonds is 8. The highest BCUT2D eigenvalue weighted by Crippen LogP contribution is 2.36. The lowest BCUT2D eigenvalue weighted by Crippen LogP contribution is -2.49. The standard InChI is InChI=1S/C27H34N2O5/c1-19(21-10-12-22(13-11-21)25(30)31)28-26(32)27(14-16-33-17-15-27)23-8-5-9-24(29-23)34-18-20-6-3-2-4-7-20/h5,8-13,19-20H,2-4,6-7,14-18H2,1H3,(H,28,32)(H,30,31)/t19-/m0/s1. The molecule has 2 fully saturated rings. The highest BCUT2D eigenvalue weighted by molar-refractivity contribution is 5.89. The zero-order chi connectivity index (χ0) is 24.0. The van der Waals surface area contributed by atoms with Crippen molar-refractivity contribution in [3.8, 4) is 5.88 Å². The molecule has 1 aliphatic heterocycles. The number of benzene rings is 1. The van der Waals surface area contributed by atoms with Crippen molar-refractivity contribution in [3.05, 3.63) is 59.3 Å². The molecule has 34 heavy (non-hydrogen) atoms. The molecule has 1 saturated carbocycles. The average Bonchev–Trinajstić information content (AvgIpc) is 2.88. The van der Waals surface area contributed by atoms with Crippen molar-refractivity contribution in [2.24, 2.45) is 5.92 Å². The number of hydrogen-bond acceptors (Lipinski definition) is 5. The number of carboxylic acid groups (broad SMARTS) is 1. The SMILES string of the molecule is C[C@H](NC(=O)C1(c2cccc(OCC3CCCCC3)n2)CCOCC1)c1ccc(C(=O)O)cc1. The molecule has 4 rings (SSSR count). The lowest BCUT2D eigenvalue weighted by atomic mass is 9.75. The molecule has 1 aliphatic carbocycles. The average molecular weight is 467 g/mol. The van der Waals surface area contributed by atoms with Crippen LogP contribution in [-0.2, 0) is 14.9 Å². The van der Waals surface area contributed by atoms with Crippen molar-refractivity contribution in [1.29, 1.82) is 0 Å². The number of pyridine rings is 1. The van der Waals surface area contributed by atoms with Gasteiger partial charge in [-0.1, -0.05) is 37.5 Å². The van der Waals surface area contributed by atoms with Crippen LogP contribution >= 0.6 is 0 Å². The van der Waals surface area contributed by atoms with E-state index in [-0.39, 0.29) is 17.5 Å². The van der Waals surface area contributed by atoms with E-state index in [1.54, 1.807) is 24.3 Å². The third kappa shape index (κ3) is 5.58. The second-order valence-corrected chi connectivity index (χ2v) is 9.49. The minimum atomic E-state index is -0.971. The van der Waals surface area contributed by atoms with Crippen LogP contribution in [-0.4, -0.2) is 41.8 Å². The summed E-state index contributed by atoms with van der Waals surface area (Å²) in [4.78, 5) is 29.6. The number of carbonyl (C=O) groups is 2. The predicted octanol–water partition coefficient (Wildman–Crippen LogP) is 4.66. The Morgan fingerprint density at radius 3 is 2.50 bits per heavy atom. The molecule has 1 aromatic carbocycles. The number of carbonyl (C=O) groups excluding carboxylic acids is 1. The Hall–Kier alpha value is -2.93. The number of nitrogens with zero attached hydrogens (tertiary/aromatic N) is 1. The van der Waals surface area contributed by atoms with Crippen molar-refractivity contribution in [3.63, 3.8) is 0 Å². The molecule has 1 saturated heterocycles. The number of amides is 1. The third-order valence-corrected chi connectivity index (χ3v) is 7.19. The Kier molecular flexibility index (Phi) is 7.83. The van der Waals surface area contributed by atoms with Crippen LogP contribution in [0.25, 0.3) is 0 Å². The van der Waals surface area contributed by atoms with Crippen LogP contribution < -0.4 is 10.1 Å². The Labute approximate surface area is 200 Å². The molecule has 7 nitrogen and oxygen atoms in total. The maximum Gasteiger partial charge on any atom is 0.335 e. The molecule has 1 aromatic heterocycles. The van der Waals surface area contributed by atoms with Gasteiger partial charge in [0.2, 0.25) is 11.8 Å². The highest BCUT2D eigenvalue weighted by atomic mass is 16.5. The third-order valence-electron chi connectivity index (χ3n) is 7.19. The Bertz CT molecular complexity index is 979. The summed E-state index contributed by atoms with van der Waals surface area (Å²) < 4.78 is 11.6. The van der Waals surface area contributed by atoms with E-state index in [1.165, 1.54) is 32.1 Å². The number of nitrogens with one attached hydrogen (secondary N) is 1. The Morgan fingerprint density at radius 1 is 1.12 bits per heavy atom. The summed E-state index contributed by atoms with van der Waals surface area (Å²) in [6.07, 6.45) is 7.34. The van der Waals surface area contributed by atoms with E-state index in [9.17, 15) is 9.59 Å².